The Hall–Kier alpha value is -3.80. The Balaban J connectivity index is 1.37. The third-order valence-corrected chi connectivity index (χ3v) is 8.02. The molecule has 0 aliphatic carbocycles. The Morgan fingerprint density at radius 1 is 1.02 bits per heavy atom. The van der Waals surface area contributed by atoms with Gasteiger partial charge in [0.25, 0.3) is 11.8 Å². The number of carbonyl (C=O) groups is 3. The summed E-state index contributed by atoms with van der Waals surface area (Å²) in [6, 6.07) is 14.0. The molecule has 1 aliphatic rings. The van der Waals surface area contributed by atoms with Crippen molar-refractivity contribution in [3.05, 3.63) is 70.2 Å². The van der Waals surface area contributed by atoms with E-state index in [9.17, 15) is 14.4 Å². The van der Waals surface area contributed by atoms with Gasteiger partial charge in [0, 0.05) is 64.0 Å². The number of hydrogen-bond donors (Lipinski definition) is 2. The summed E-state index contributed by atoms with van der Waals surface area (Å²) < 4.78 is 0. The fourth-order valence-electron chi connectivity index (χ4n) is 4.64. The molecule has 218 valence electrons. The lowest BCUT2D eigenvalue weighted by Crippen LogP contribution is -2.49. The van der Waals surface area contributed by atoms with Crippen LogP contribution in [0.4, 0.5) is 5.69 Å². The van der Waals surface area contributed by atoms with Crippen molar-refractivity contribution in [1.82, 2.24) is 30.1 Å². The maximum atomic E-state index is 13.3. The number of hydrazine groups is 1. The average molecular weight is 578 g/mol. The van der Waals surface area contributed by atoms with Crippen molar-refractivity contribution in [1.29, 1.82) is 0 Å². The van der Waals surface area contributed by atoms with Gasteiger partial charge in [0.2, 0.25) is 5.91 Å². The van der Waals surface area contributed by atoms with E-state index in [1.807, 2.05) is 49.2 Å². The van der Waals surface area contributed by atoms with Crippen molar-refractivity contribution in [2.24, 2.45) is 0 Å². The Labute approximate surface area is 245 Å². The number of aromatic nitrogens is 1. The fraction of sp³-hybridized carbons (Fsp3) is 0.400. The molecule has 41 heavy (non-hydrogen) atoms. The summed E-state index contributed by atoms with van der Waals surface area (Å²) in [4.78, 5) is 46.3. The molecule has 0 atom stereocenters. The van der Waals surface area contributed by atoms with E-state index in [1.54, 1.807) is 36.4 Å². The van der Waals surface area contributed by atoms with Gasteiger partial charge in [-0.1, -0.05) is 31.2 Å². The molecule has 10 nitrogen and oxygen atoms in total. The molecule has 0 spiro atoms. The molecule has 2 heterocycles. The topological polar surface area (TPSA) is 101 Å². The molecule has 0 unspecified atom stereocenters. The number of rotatable bonds is 12. The van der Waals surface area contributed by atoms with Gasteiger partial charge in [-0.25, -0.2) is 9.99 Å². The van der Waals surface area contributed by atoms with Crippen molar-refractivity contribution in [3.8, 4) is 10.6 Å². The first-order chi connectivity index (χ1) is 19.7. The summed E-state index contributed by atoms with van der Waals surface area (Å²) in [6.45, 7) is 7.22. The lowest BCUT2D eigenvalue weighted by molar-refractivity contribution is -0.151. The predicted molar refractivity (Wildman–Crippen MR) is 162 cm³/mol. The zero-order chi connectivity index (χ0) is 29.5. The monoisotopic (exact) mass is 577 g/mol. The minimum Gasteiger partial charge on any atom is -0.376 e. The quantitative estimate of drug-likeness (QED) is 0.319. The predicted octanol–water partition coefficient (Wildman–Crippen LogP) is 3.06. The molecule has 3 amide bonds. The number of amides is 3. The largest absolute Gasteiger partial charge is 0.376 e. The highest BCUT2D eigenvalue weighted by Crippen LogP contribution is 2.28. The van der Waals surface area contributed by atoms with Crippen LogP contribution >= 0.6 is 11.3 Å². The Morgan fingerprint density at radius 3 is 2.37 bits per heavy atom. The number of nitrogens with one attached hydrogen (secondary N) is 2. The zero-order valence-electron chi connectivity index (χ0n) is 24.4. The van der Waals surface area contributed by atoms with Crippen LogP contribution in [0, 0.1) is 6.92 Å². The van der Waals surface area contributed by atoms with Gasteiger partial charge >= 0.3 is 0 Å². The number of likely N-dealkylation sites (N-methyl/N-ethyl adjacent to an activating group) is 2. The number of hydrogen-bond acceptors (Lipinski definition) is 8. The molecule has 0 saturated carbocycles. The van der Waals surface area contributed by atoms with Gasteiger partial charge in [-0.3, -0.25) is 19.4 Å². The number of benzene rings is 2. The van der Waals surface area contributed by atoms with E-state index in [1.165, 1.54) is 27.4 Å². The molecular formula is C30H39N7O3S. The second-order valence-corrected chi connectivity index (χ2v) is 11.2. The molecule has 11 heteroatoms. The summed E-state index contributed by atoms with van der Waals surface area (Å²) in [7, 11) is 5.18. The van der Waals surface area contributed by atoms with Crippen molar-refractivity contribution in [2.75, 3.05) is 59.2 Å². The maximum Gasteiger partial charge on any atom is 0.272 e. The van der Waals surface area contributed by atoms with Crippen molar-refractivity contribution in [2.45, 2.75) is 26.9 Å². The van der Waals surface area contributed by atoms with E-state index in [4.69, 9.17) is 0 Å². The molecule has 2 N–H and O–H groups in total. The standard InChI is InChI=1S/C30H39N7O3S/c1-6-31-13-14-36(19-28(39)35(5)37-17-23-9-7-8-10-24(23)18-37)27(38)16-32-25-12-11-22(15-21(25)2)29-33-26(20-41-29)30(40)34(3)4/h7-12,15,20,31-32H,6,13-14,16-19H2,1-5H3. The SMILES string of the molecule is CCNCCN(CC(=O)N(C)N1Cc2ccccc2C1)C(=O)CNc1ccc(-c2nc(C(=O)N(C)C)cs2)cc1C. The molecule has 0 fully saturated rings. The summed E-state index contributed by atoms with van der Waals surface area (Å²) in [5.74, 6) is -0.404. The third kappa shape index (κ3) is 7.49. The van der Waals surface area contributed by atoms with Crippen LogP contribution in [0.5, 0.6) is 0 Å². The number of nitrogens with zero attached hydrogens (tertiary/aromatic N) is 5. The first kappa shape index (κ1) is 30.2. The molecule has 3 aromatic rings. The molecule has 4 rings (SSSR count). The van der Waals surface area contributed by atoms with E-state index >= 15 is 0 Å². The molecule has 0 bridgehead atoms. The maximum absolute atomic E-state index is 13.3. The van der Waals surface area contributed by atoms with Crippen LogP contribution < -0.4 is 10.6 Å². The van der Waals surface area contributed by atoms with Gasteiger partial charge in [0.05, 0.1) is 6.54 Å². The summed E-state index contributed by atoms with van der Waals surface area (Å²) in [5, 5.41) is 12.7. The van der Waals surface area contributed by atoms with Gasteiger partial charge in [0.1, 0.15) is 17.2 Å². The Morgan fingerprint density at radius 2 is 1.73 bits per heavy atom. The minimum atomic E-state index is -0.149. The first-order valence-corrected chi connectivity index (χ1v) is 14.6. The highest BCUT2D eigenvalue weighted by Gasteiger charge is 2.27. The van der Waals surface area contributed by atoms with Crippen LogP contribution in [0.2, 0.25) is 0 Å². The van der Waals surface area contributed by atoms with Gasteiger partial charge in [-0.2, -0.15) is 0 Å². The highest BCUT2D eigenvalue weighted by atomic mass is 32.1. The van der Waals surface area contributed by atoms with Crippen molar-refractivity contribution >= 4 is 34.7 Å². The molecular weight excluding hydrogens is 538 g/mol. The third-order valence-electron chi connectivity index (χ3n) is 7.13. The Kier molecular flexibility index (Phi) is 10.1. The highest BCUT2D eigenvalue weighted by molar-refractivity contribution is 7.13. The van der Waals surface area contributed by atoms with Crippen molar-refractivity contribution < 1.29 is 14.4 Å². The van der Waals surface area contributed by atoms with Crippen LogP contribution in [-0.4, -0.2) is 96.4 Å². The number of thiazole rings is 1. The normalized spacial score (nSPS) is 12.6. The van der Waals surface area contributed by atoms with E-state index in [2.05, 4.69) is 27.8 Å². The minimum absolute atomic E-state index is 0.00518. The van der Waals surface area contributed by atoms with Gasteiger partial charge in [-0.05, 0) is 48.4 Å². The molecule has 0 radical (unpaired) electrons. The number of anilines is 1. The molecule has 2 aromatic carbocycles. The fourth-order valence-corrected chi connectivity index (χ4v) is 5.44. The molecule has 0 saturated heterocycles. The van der Waals surface area contributed by atoms with E-state index in [0.29, 0.717) is 31.9 Å². The first-order valence-electron chi connectivity index (χ1n) is 13.8. The molecule has 1 aromatic heterocycles. The summed E-state index contributed by atoms with van der Waals surface area (Å²) in [5.41, 5.74) is 5.55. The van der Waals surface area contributed by atoms with Crippen LogP contribution in [0.1, 0.15) is 34.1 Å². The van der Waals surface area contributed by atoms with Crippen LogP contribution in [-0.2, 0) is 22.7 Å². The van der Waals surface area contributed by atoms with E-state index in [-0.39, 0.29) is 30.8 Å². The van der Waals surface area contributed by atoms with Gasteiger partial charge in [-0.15, -0.1) is 11.3 Å². The number of carbonyl (C=O) groups excluding carboxylic acids is 3. The smallest absolute Gasteiger partial charge is 0.272 e. The molecule has 1 aliphatic heterocycles. The van der Waals surface area contributed by atoms with Crippen LogP contribution in [0.3, 0.4) is 0 Å². The zero-order valence-corrected chi connectivity index (χ0v) is 25.3. The lowest BCUT2D eigenvalue weighted by Gasteiger charge is -2.31. The van der Waals surface area contributed by atoms with Crippen molar-refractivity contribution in [3.63, 3.8) is 0 Å². The van der Waals surface area contributed by atoms with Gasteiger partial charge < -0.3 is 20.4 Å². The van der Waals surface area contributed by atoms with E-state index < -0.39 is 0 Å². The van der Waals surface area contributed by atoms with Gasteiger partial charge in [0.15, 0.2) is 0 Å². The second kappa shape index (κ2) is 13.7. The summed E-state index contributed by atoms with van der Waals surface area (Å²) in [6.07, 6.45) is 0. The number of aryl methyl sites for hydroxylation is 1. The van der Waals surface area contributed by atoms with E-state index in [0.717, 1.165) is 28.4 Å². The van der Waals surface area contributed by atoms with Crippen LogP contribution in [0.25, 0.3) is 10.6 Å². The van der Waals surface area contributed by atoms with Crippen LogP contribution in [0.15, 0.2) is 47.8 Å². The second-order valence-electron chi connectivity index (χ2n) is 10.3. The summed E-state index contributed by atoms with van der Waals surface area (Å²) >= 11 is 1.42. The Bertz CT molecular complexity index is 1360. The lowest BCUT2D eigenvalue weighted by atomic mass is 10.1. The average Bonchev–Trinajstić information content (AvgIpc) is 3.63. The number of fused-ring (bicyclic) bond motifs is 1.